The Kier molecular flexibility index (Phi) is 4.71. The molecule has 2 aromatic rings. The third-order valence-corrected chi connectivity index (χ3v) is 3.94. The maximum Gasteiger partial charge on any atom is 0.401 e. The van der Waals surface area contributed by atoms with Gasteiger partial charge in [0.15, 0.2) is 0 Å². The van der Waals surface area contributed by atoms with Gasteiger partial charge in [0.2, 0.25) is 0 Å². The van der Waals surface area contributed by atoms with Crippen molar-refractivity contribution in [3.63, 3.8) is 0 Å². The molecule has 0 saturated heterocycles. The SMILES string of the molecule is FC(F)(F)CN(CCCl)Cc1csc2ccccc12. The molecule has 0 aliphatic rings. The summed E-state index contributed by atoms with van der Waals surface area (Å²) in [5, 5.41) is 2.94. The first-order chi connectivity index (χ1) is 8.99. The molecule has 1 aromatic heterocycles. The van der Waals surface area contributed by atoms with Crippen LogP contribution in [0.15, 0.2) is 29.6 Å². The molecule has 2 rings (SSSR count). The molecule has 1 heterocycles. The van der Waals surface area contributed by atoms with Crippen LogP contribution >= 0.6 is 22.9 Å². The van der Waals surface area contributed by atoms with Gasteiger partial charge in [0.1, 0.15) is 0 Å². The molecular weight excluding hydrogens is 295 g/mol. The monoisotopic (exact) mass is 307 g/mol. The molecule has 0 saturated carbocycles. The number of hydrogen-bond acceptors (Lipinski definition) is 2. The summed E-state index contributed by atoms with van der Waals surface area (Å²) in [5.41, 5.74) is 0.926. The van der Waals surface area contributed by atoms with Crippen LogP contribution in [0.2, 0.25) is 0 Å². The minimum absolute atomic E-state index is 0.193. The zero-order valence-electron chi connectivity index (χ0n) is 10.1. The van der Waals surface area contributed by atoms with Crippen LogP contribution < -0.4 is 0 Å². The van der Waals surface area contributed by atoms with Crippen LogP contribution in [0.5, 0.6) is 0 Å². The standard InChI is InChI=1S/C13H13ClF3NS/c14-5-6-18(9-13(15,16)17)7-10-8-19-12-4-2-1-3-11(10)12/h1-4,8H,5-7,9H2. The van der Waals surface area contributed by atoms with Crippen molar-refractivity contribution < 1.29 is 13.2 Å². The zero-order valence-corrected chi connectivity index (χ0v) is 11.7. The van der Waals surface area contributed by atoms with Crippen LogP contribution in [0.1, 0.15) is 5.56 Å². The van der Waals surface area contributed by atoms with E-state index in [2.05, 4.69) is 0 Å². The van der Waals surface area contributed by atoms with Gasteiger partial charge in [-0.1, -0.05) is 18.2 Å². The molecule has 1 aromatic carbocycles. The lowest BCUT2D eigenvalue weighted by atomic mass is 10.1. The number of nitrogens with zero attached hydrogens (tertiary/aromatic N) is 1. The van der Waals surface area contributed by atoms with E-state index in [4.69, 9.17) is 11.6 Å². The van der Waals surface area contributed by atoms with Gasteiger partial charge in [0, 0.05) is 23.7 Å². The molecular formula is C13H13ClF3NS. The molecule has 0 aliphatic heterocycles. The second-order valence-corrected chi connectivity index (χ2v) is 5.56. The van der Waals surface area contributed by atoms with E-state index in [0.29, 0.717) is 0 Å². The summed E-state index contributed by atoms with van der Waals surface area (Å²) in [6.07, 6.45) is -4.20. The van der Waals surface area contributed by atoms with E-state index in [1.54, 1.807) is 11.3 Å². The van der Waals surface area contributed by atoms with Gasteiger partial charge in [0.05, 0.1) is 6.54 Å². The van der Waals surface area contributed by atoms with Crippen LogP contribution in [-0.2, 0) is 6.54 Å². The van der Waals surface area contributed by atoms with Crippen molar-refractivity contribution in [3.8, 4) is 0 Å². The van der Waals surface area contributed by atoms with Gasteiger partial charge in [-0.2, -0.15) is 13.2 Å². The van der Waals surface area contributed by atoms with Crippen molar-refractivity contribution in [1.29, 1.82) is 0 Å². The molecule has 1 nitrogen and oxygen atoms in total. The van der Waals surface area contributed by atoms with E-state index in [9.17, 15) is 13.2 Å². The topological polar surface area (TPSA) is 3.24 Å². The normalized spacial score (nSPS) is 12.5. The highest BCUT2D eigenvalue weighted by atomic mass is 35.5. The lowest BCUT2D eigenvalue weighted by Crippen LogP contribution is -2.35. The quantitative estimate of drug-likeness (QED) is 0.735. The fraction of sp³-hybridized carbons (Fsp3) is 0.385. The first-order valence-electron chi connectivity index (χ1n) is 5.80. The molecule has 0 spiro atoms. The van der Waals surface area contributed by atoms with Gasteiger partial charge < -0.3 is 0 Å². The van der Waals surface area contributed by atoms with Crippen LogP contribution in [0.25, 0.3) is 10.1 Å². The van der Waals surface area contributed by atoms with Crippen LogP contribution in [0, 0.1) is 0 Å². The van der Waals surface area contributed by atoms with E-state index >= 15 is 0 Å². The summed E-state index contributed by atoms with van der Waals surface area (Å²) in [5.74, 6) is 0.193. The zero-order chi connectivity index (χ0) is 13.9. The number of fused-ring (bicyclic) bond motifs is 1. The molecule has 0 amide bonds. The Labute approximate surface area is 118 Å². The Morgan fingerprint density at radius 1 is 1.21 bits per heavy atom. The highest BCUT2D eigenvalue weighted by Crippen LogP contribution is 2.27. The maximum atomic E-state index is 12.5. The molecule has 0 aliphatic carbocycles. The predicted molar refractivity (Wildman–Crippen MR) is 73.9 cm³/mol. The summed E-state index contributed by atoms with van der Waals surface area (Å²) in [7, 11) is 0. The summed E-state index contributed by atoms with van der Waals surface area (Å²) in [6, 6.07) is 7.73. The number of halogens is 4. The van der Waals surface area contributed by atoms with Crippen molar-refractivity contribution in [3.05, 3.63) is 35.2 Å². The summed E-state index contributed by atoms with van der Waals surface area (Å²) in [4.78, 5) is 1.33. The largest absolute Gasteiger partial charge is 0.401 e. The maximum absolute atomic E-state index is 12.5. The number of alkyl halides is 4. The van der Waals surface area contributed by atoms with Crippen LogP contribution in [0.4, 0.5) is 13.2 Å². The number of thiophene rings is 1. The van der Waals surface area contributed by atoms with Gasteiger partial charge in [0.25, 0.3) is 0 Å². The molecule has 104 valence electrons. The van der Waals surface area contributed by atoms with E-state index in [0.717, 1.165) is 15.6 Å². The van der Waals surface area contributed by atoms with Crippen LogP contribution in [-0.4, -0.2) is 30.0 Å². The Bertz CT molecular complexity index is 538. The second kappa shape index (κ2) is 6.11. The highest BCUT2D eigenvalue weighted by molar-refractivity contribution is 7.17. The third-order valence-electron chi connectivity index (χ3n) is 2.76. The first kappa shape index (κ1) is 14.6. The van der Waals surface area contributed by atoms with Gasteiger partial charge >= 0.3 is 6.18 Å². The number of rotatable bonds is 5. The van der Waals surface area contributed by atoms with E-state index in [1.807, 2.05) is 29.6 Å². The molecule has 0 radical (unpaired) electrons. The third kappa shape index (κ3) is 4.09. The lowest BCUT2D eigenvalue weighted by Gasteiger charge is -2.22. The van der Waals surface area contributed by atoms with Crippen LogP contribution in [0.3, 0.4) is 0 Å². The summed E-state index contributed by atoms with van der Waals surface area (Å²) >= 11 is 7.13. The molecule has 0 N–H and O–H groups in total. The Hall–Kier alpha value is -0.780. The minimum atomic E-state index is -4.20. The van der Waals surface area contributed by atoms with E-state index in [1.165, 1.54) is 4.90 Å². The van der Waals surface area contributed by atoms with Crippen molar-refractivity contribution in [2.24, 2.45) is 0 Å². The molecule has 0 unspecified atom stereocenters. The van der Waals surface area contributed by atoms with Gasteiger partial charge in [-0.3, -0.25) is 4.90 Å². The number of benzene rings is 1. The van der Waals surface area contributed by atoms with Gasteiger partial charge in [-0.05, 0) is 22.4 Å². The van der Waals surface area contributed by atoms with E-state index in [-0.39, 0.29) is 19.0 Å². The lowest BCUT2D eigenvalue weighted by molar-refractivity contribution is -0.146. The smallest absolute Gasteiger partial charge is 0.289 e. The molecule has 19 heavy (non-hydrogen) atoms. The highest BCUT2D eigenvalue weighted by Gasteiger charge is 2.30. The molecule has 0 atom stereocenters. The predicted octanol–water partition coefficient (Wildman–Crippen LogP) is 4.50. The van der Waals surface area contributed by atoms with Crippen molar-refractivity contribution in [2.45, 2.75) is 12.7 Å². The second-order valence-electron chi connectivity index (χ2n) is 4.27. The first-order valence-corrected chi connectivity index (χ1v) is 7.21. The fourth-order valence-electron chi connectivity index (χ4n) is 1.98. The van der Waals surface area contributed by atoms with E-state index < -0.39 is 12.7 Å². The summed E-state index contributed by atoms with van der Waals surface area (Å²) in [6.45, 7) is -0.425. The number of hydrogen-bond donors (Lipinski definition) is 0. The van der Waals surface area contributed by atoms with Gasteiger partial charge in [-0.25, -0.2) is 0 Å². The molecule has 0 fully saturated rings. The molecule has 6 heteroatoms. The Morgan fingerprint density at radius 2 is 1.95 bits per heavy atom. The molecule has 0 bridgehead atoms. The average molecular weight is 308 g/mol. The summed E-state index contributed by atoms with van der Waals surface area (Å²) < 4.78 is 38.6. The average Bonchev–Trinajstić information content (AvgIpc) is 2.71. The fourth-order valence-corrected chi connectivity index (χ4v) is 3.18. The van der Waals surface area contributed by atoms with Gasteiger partial charge in [-0.15, -0.1) is 22.9 Å². The Balaban J connectivity index is 2.16. The minimum Gasteiger partial charge on any atom is -0.289 e. The van der Waals surface area contributed by atoms with Crippen molar-refractivity contribution in [2.75, 3.05) is 19.0 Å². The van der Waals surface area contributed by atoms with Crippen molar-refractivity contribution >= 4 is 33.0 Å². The Morgan fingerprint density at radius 3 is 2.63 bits per heavy atom. The van der Waals surface area contributed by atoms with Crippen molar-refractivity contribution in [1.82, 2.24) is 4.90 Å².